The van der Waals surface area contributed by atoms with Gasteiger partial charge in [0.15, 0.2) is 0 Å². The number of carbonyl (C=O) groups excluding carboxylic acids is 1. The molecule has 1 fully saturated rings. The van der Waals surface area contributed by atoms with Gasteiger partial charge in [0.25, 0.3) is 5.91 Å². The molecule has 0 spiro atoms. The number of nitrogens with zero attached hydrogens (tertiary/aromatic N) is 3. The van der Waals surface area contributed by atoms with Crippen molar-refractivity contribution in [3.8, 4) is 0 Å². The quantitative estimate of drug-likeness (QED) is 0.942. The van der Waals surface area contributed by atoms with Gasteiger partial charge >= 0.3 is 0 Å². The van der Waals surface area contributed by atoms with Gasteiger partial charge < -0.3 is 10.2 Å². The number of carbonyl (C=O) groups is 1. The number of anilines is 1. The number of nitrogens with one attached hydrogen (secondary N) is 1. The number of likely N-dealkylation sites (tertiary alicyclic amines) is 1. The van der Waals surface area contributed by atoms with E-state index in [4.69, 9.17) is 0 Å². The highest BCUT2D eigenvalue weighted by Crippen LogP contribution is 2.16. The molecule has 0 saturated carbocycles. The Bertz CT molecular complexity index is 649. The highest BCUT2D eigenvalue weighted by Gasteiger charge is 2.18. The van der Waals surface area contributed by atoms with E-state index in [2.05, 4.69) is 14.7 Å². The second-order valence-corrected chi connectivity index (χ2v) is 6.31. The summed E-state index contributed by atoms with van der Waals surface area (Å²) >= 11 is 1.35. The molecule has 0 aliphatic carbocycles. The molecule has 2 aromatic rings. The Balaban J connectivity index is 1.65. The Hall–Kier alpha value is -1.95. The topological polar surface area (TPSA) is 58.1 Å². The van der Waals surface area contributed by atoms with Gasteiger partial charge in [-0.3, -0.25) is 4.79 Å². The van der Waals surface area contributed by atoms with Crippen LogP contribution in [0.3, 0.4) is 0 Å². The van der Waals surface area contributed by atoms with E-state index in [9.17, 15) is 4.79 Å². The van der Waals surface area contributed by atoms with Gasteiger partial charge in [0, 0.05) is 36.7 Å². The normalized spacial score (nSPS) is 14.9. The second-order valence-electron chi connectivity index (χ2n) is 5.55. The summed E-state index contributed by atoms with van der Waals surface area (Å²) in [4.78, 5) is 18.8. The lowest BCUT2D eigenvalue weighted by molar-refractivity contribution is 0.0724. The van der Waals surface area contributed by atoms with Crippen LogP contribution in [-0.2, 0) is 6.54 Å². The zero-order chi connectivity index (χ0) is 15.4. The van der Waals surface area contributed by atoms with E-state index in [1.165, 1.54) is 18.0 Å². The zero-order valence-electron chi connectivity index (χ0n) is 12.7. The first-order valence-corrected chi connectivity index (χ1v) is 8.42. The van der Waals surface area contributed by atoms with Crippen molar-refractivity contribution in [1.82, 2.24) is 14.3 Å². The Morgan fingerprint density at radius 3 is 2.86 bits per heavy atom. The van der Waals surface area contributed by atoms with E-state index < -0.39 is 0 Å². The standard InChI is InChI=1S/C16H20N4OS/c1-12-18-16(22-19-12)17-11-13-6-5-7-14(10-13)15(21)20-8-3-2-4-9-20/h5-7,10H,2-4,8-9,11H2,1H3,(H,17,18,19). The third-order valence-electron chi connectivity index (χ3n) is 3.79. The summed E-state index contributed by atoms with van der Waals surface area (Å²) in [6.07, 6.45) is 3.46. The fourth-order valence-corrected chi connectivity index (χ4v) is 3.21. The molecule has 0 bridgehead atoms. The smallest absolute Gasteiger partial charge is 0.253 e. The average molecular weight is 316 g/mol. The van der Waals surface area contributed by atoms with Gasteiger partial charge in [-0.1, -0.05) is 12.1 Å². The van der Waals surface area contributed by atoms with Crippen LogP contribution in [0.25, 0.3) is 0 Å². The maximum Gasteiger partial charge on any atom is 0.253 e. The van der Waals surface area contributed by atoms with Crippen molar-refractivity contribution >= 4 is 22.6 Å². The molecule has 2 heterocycles. The average Bonchev–Trinajstić information content (AvgIpc) is 2.99. The van der Waals surface area contributed by atoms with Gasteiger partial charge in [-0.05, 0) is 43.9 Å². The van der Waals surface area contributed by atoms with Crippen LogP contribution in [0.1, 0.15) is 41.0 Å². The first-order valence-electron chi connectivity index (χ1n) is 7.65. The molecular weight excluding hydrogens is 296 g/mol. The summed E-state index contributed by atoms with van der Waals surface area (Å²) in [5, 5.41) is 4.06. The lowest BCUT2D eigenvalue weighted by Gasteiger charge is -2.26. The Kier molecular flexibility index (Phi) is 4.68. The van der Waals surface area contributed by atoms with Gasteiger partial charge in [0.1, 0.15) is 5.82 Å². The largest absolute Gasteiger partial charge is 0.356 e. The number of hydrogen-bond donors (Lipinski definition) is 1. The fraction of sp³-hybridized carbons (Fsp3) is 0.438. The molecule has 1 amide bonds. The predicted octanol–water partition coefficient (Wildman–Crippen LogP) is 3.08. The van der Waals surface area contributed by atoms with Crippen LogP contribution < -0.4 is 5.32 Å². The van der Waals surface area contributed by atoms with E-state index >= 15 is 0 Å². The molecular formula is C16H20N4OS. The molecule has 0 atom stereocenters. The van der Waals surface area contributed by atoms with Crippen molar-refractivity contribution in [2.75, 3.05) is 18.4 Å². The van der Waals surface area contributed by atoms with Crippen LogP contribution in [0, 0.1) is 6.92 Å². The molecule has 1 aromatic carbocycles. The van der Waals surface area contributed by atoms with Gasteiger partial charge in [-0.15, -0.1) is 0 Å². The molecule has 5 nitrogen and oxygen atoms in total. The second kappa shape index (κ2) is 6.87. The number of amides is 1. The molecule has 1 saturated heterocycles. The summed E-state index contributed by atoms with van der Waals surface area (Å²) in [6, 6.07) is 7.83. The highest BCUT2D eigenvalue weighted by atomic mass is 32.1. The molecule has 6 heteroatoms. The number of aromatic nitrogens is 2. The molecule has 22 heavy (non-hydrogen) atoms. The Morgan fingerprint density at radius 2 is 2.14 bits per heavy atom. The molecule has 1 aromatic heterocycles. The molecule has 116 valence electrons. The van der Waals surface area contributed by atoms with Gasteiger partial charge in [-0.2, -0.15) is 4.37 Å². The SMILES string of the molecule is Cc1nsc(NCc2cccc(C(=O)N3CCCCC3)c2)n1. The van der Waals surface area contributed by atoms with Crippen LogP contribution in [0.2, 0.25) is 0 Å². The van der Waals surface area contributed by atoms with E-state index in [0.29, 0.717) is 6.54 Å². The molecule has 0 unspecified atom stereocenters. The summed E-state index contributed by atoms with van der Waals surface area (Å²) in [5.41, 5.74) is 1.85. The molecule has 1 aliphatic heterocycles. The van der Waals surface area contributed by atoms with Gasteiger partial charge in [0.05, 0.1) is 0 Å². The third-order valence-corrected chi connectivity index (χ3v) is 4.55. The minimum absolute atomic E-state index is 0.147. The van der Waals surface area contributed by atoms with Crippen molar-refractivity contribution in [2.24, 2.45) is 0 Å². The first-order chi connectivity index (χ1) is 10.7. The first kappa shape index (κ1) is 15.0. The van der Waals surface area contributed by atoms with Gasteiger partial charge in [0.2, 0.25) is 5.13 Å². The van der Waals surface area contributed by atoms with Crippen LogP contribution in [0.4, 0.5) is 5.13 Å². The molecule has 1 N–H and O–H groups in total. The monoisotopic (exact) mass is 316 g/mol. The van der Waals surface area contributed by atoms with Crippen molar-refractivity contribution < 1.29 is 4.79 Å². The summed E-state index contributed by atoms with van der Waals surface area (Å²) in [5.74, 6) is 0.926. The lowest BCUT2D eigenvalue weighted by atomic mass is 10.1. The maximum absolute atomic E-state index is 12.5. The summed E-state index contributed by atoms with van der Waals surface area (Å²) in [7, 11) is 0. The number of aryl methyl sites for hydroxylation is 1. The molecule has 0 radical (unpaired) electrons. The van der Waals surface area contributed by atoms with Crippen molar-refractivity contribution in [3.05, 3.63) is 41.2 Å². The van der Waals surface area contributed by atoms with E-state index in [0.717, 1.165) is 48.0 Å². The number of hydrogen-bond acceptors (Lipinski definition) is 5. The van der Waals surface area contributed by atoms with Crippen LogP contribution in [-0.4, -0.2) is 33.3 Å². The maximum atomic E-state index is 12.5. The third kappa shape index (κ3) is 3.62. The Morgan fingerprint density at radius 1 is 1.32 bits per heavy atom. The number of benzene rings is 1. The zero-order valence-corrected chi connectivity index (χ0v) is 13.5. The molecule has 1 aliphatic rings. The van der Waals surface area contributed by atoms with Crippen molar-refractivity contribution in [2.45, 2.75) is 32.7 Å². The van der Waals surface area contributed by atoms with E-state index in [1.807, 2.05) is 36.1 Å². The predicted molar refractivity (Wildman–Crippen MR) is 88.2 cm³/mol. The van der Waals surface area contributed by atoms with Crippen LogP contribution in [0.5, 0.6) is 0 Å². The summed E-state index contributed by atoms with van der Waals surface area (Å²) in [6.45, 7) is 4.28. The molecule has 3 rings (SSSR count). The van der Waals surface area contributed by atoms with Crippen LogP contribution >= 0.6 is 11.5 Å². The minimum atomic E-state index is 0.147. The minimum Gasteiger partial charge on any atom is -0.356 e. The Labute approximate surface area is 134 Å². The van der Waals surface area contributed by atoms with Crippen molar-refractivity contribution in [1.29, 1.82) is 0 Å². The lowest BCUT2D eigenvalue weighted by Crippen LogP contribution is -2.35. The van der Waals surface area contributed by atoms with Crippen molar-refractivity contribution in [3.63, 3.8) is 0 Å². The van der Waals surface area contributed by atoms with Crippen LogP contribution in [0.15, 0.2) is 24.3 Å². The number of piperidine rings is 1. The highest BCUT2D eigenvalue weighted by molar-refractivity contribution is 7.09. The summed E-state index contributed by atoms with van der Waals surface area (Å²) < 4.78 is 4.14. The van der Waals surface area contributed by atoms with E-state index in [-0.39, 0.29) is 5.91 Å². The fourth-order valence-electron chi connectivity index (χ4n) is 2.64. The van der Waals surface area contributed by atoms with E-state index in [1.54, 1.807) is 0 Å². The van der Waals surface area contributed by atoms with Gasteiger partial charge in [-0.25, -0.2) is 4.98 Å². The number of rotatable bonds is 4.